The van der Waals surface area contributed by atoms with Gasteiger partial charge in [-0.25, -0.2) is 19.6 Å². The van der Waals surface area contributed by atoms with Crippen LogP contribution in [0.3, 0.4) is 0 Å². The largest absolute Gasteiger partial charge is 0.334 e. The van der Waals surface area contributed by atoms with Gasteiger partial charge in [-0.2, -0.15) is 0 Å². The summed E-state index contributed by atoms with van der Waals surface area (Å²) in [4.78, 5) is 60.4. The van der Waals surface area contributed by atoms with Crippen molar-refractivity contribution < 1.29 is 14.5 Å². The van der Waals surface area contributed by atoms with E-state index >= 15 is 0 Å². The van der Waals surface area contributed by atoms with Crippen molar-refractivity contribution in [2.24, 2.45) is 0 Å². The van der Waals surface area contributed by atoms with Crippen molar-refractivity contribution in [3.05, 3.63) is 44.2 Å². The highest BCUT2D eigenvalue weighted by Crippen LogP contribution is 1.95. The first-order valence-electron chi connectivity index (χ1n) is 9.28. The SMILES string of the molecule is Cc1cc(=O)[nH]c(NC(=O)NCC[NH+](C)CCNC(=O)Nc2nc(C)cc(=O)[nH]2)n1. The third kappa shape index (κ3) is 8.10. The molecule has 0 fully saturated rings. The van der Waals surface area contributed by atoms with Crippen LogP contribution in [0, 0.1) is 13.8 Å². The zero-order valence-corrected chi connectivity index (χ0v) is 17.0. The number of hydrogen-bond donors (Lipinski definition) is 7. The molecule has 0 saturated heterocycles. The van der Waals surface area contributed by atoms with E-state index in [4.69, 9.17) is 0 Å². The minimum Gasteiger partial charge on any atom is -0.334 e. The second-order valence-electron chi connectivity index (χ2n) is 6.69. The van der Waals surface area contributed by atoms with E-state index in [1.807, 2.05) is 7.05 Å². The van der Waals surface area contributed by atoms with E-state index in [9.17, 15) is 19.2 Å². The number of aryl methyl sites for hydroxylation is 2. The summed E-state index contributed by atoms with van der Waals surface area (Å²) in [6.45, 7) is 5.30. The van der Waals surface area contributed by atoms with Crippen molar-refractivity contribution >= 4 is 24.0 Å². The molecule has 0 unspecified atom stereocenters. The van der Waals surface area contributed by atoms with Gasteiger partial charge < -0.3 is 15.5 Å². The molecule has 0 bridgehead atoms. The number of carbonyl (C=O) groups excluding carboxylic acids is 2. The summed E-state index contributed by atoms with van der Waals surface area (Å²) >= 11 is 0. The molecule has 0 aromatic carbocycles. The van der Waals surface area contributed by atoms with Crippen LogP contribution >= 0.6 is 0 Å². The third-order valence-electron chi connectivity index (χ3n) is 3.88. The van der Waals surface area contributed by atoms with Crippen molar-refractivity contribution in [1.82, 2.24) is 30.6 Å². The van der Waals surface area contributed by atoms with Crippen LogP contribution in [0.4, 0.5) is 21.5 Å². The van der Waals surface area contributed by atoms with Crippen molar-refractivity contribution in [1.29, 1.82) is 0 Å². The lowest BCUT2D eigenvalue weighted by molar-refractivity contribution is -0.876. The molecule has 2 heterocycles. The number of aromatic amines is 2. The van der Waals surface area contributed by atoms with E-state index in [0.29, 0.717) is 37.6 Å². The second-order valence-corrected chi connectivity index (χ2v) is 6.69. The Balaban J connectivity index is 1.63. The van der Waals surface area contributed by atoms with Gasteiger partial charge in [-0.05, 0) is 13.8 Å². The molecule has 2 rings (SSSR count). The lowest BCUT2D eigenvalue weighted by atomic mass is 10.4. The maximum absolute atomic E-state index is 11.9. The molecule has 0 spiro atoms. The summed E-state index contributed by atoms with van der Waals surface area (Å²) in [5.41, 5.74) is 0.310. The lowest BCUT2D eigenvalue weighted by Crippen LogP contribution is -3.10. The summed E-state index contributed by atoms with van der Waals surface area (Å²) < 4.78 is 0. The van der Waals surface area contributed by atoms with Gasteiger partial charge in [-0.3, -0.25) is 30.2 Å². The van der Waals surface area contributed by atoms with E-state index < -0.39 is 12.1 Å². The molecule has 0 atom stereocenters. The number of nitrogens with one attached hydrogen (secondary N) is 7. The van der Waals surface area contributed by atoms with E-state index in [0.717, 1.165) is 4.90 Å². The molecular weight excluding hydrogens is 394 g/mol. The Bertz CT molecular complexity index is 922. The van der Waals surface area contributed by atoms with Crippen LogP contribution in [0.25, 0.3) is 0 Å². The van der Waals surface area contributed by atoms with Crippen LogP contribution < -0.4 is 37.3 Å². The quantitative estimate of drug-likeness (QED) is 0.258. The van der Waals surface area contributed by atoms with Gasteiger partial charge in [-0.15, -0.1) is 0 Å². The molecule has 0 aliphatic carbocycles. The van der Waals surface area contributed by atoms with Gasteiger partial charge in [-0.1, -0.05) is 0 Å². The molecular formula is C17H26N9O4+. The molecule has 13 heteroatoms. The first-order valence-corrected chi connectivity index (χ1v) is 9.28. The smallest absolute Gasteiger partial charge is 0.321 e. The average molecular weight is 420 g/mol. The highest BCUT2D eigenvalue weighted by Gasteiger charge is 2.08. The molecule has 0 saturated carbocycles. The van der Waals surface area contributed by atoms with E-state index in [-0.39, 0.29) is 23.0 Å². The number of H-pyrrole nitrogens is 2. The van der Waals surface area contributed by atoms with Gasteiger partial charge in [0, 0.05) is 23.5 Å². The monoisotopic (exact) mass is 420 g/mol. The molecule has 0 radical (unpaired) electrons. The standard InChI is InChI=1S/C17H25N9O4/c1-10-8-12(27)22-14(20-10)24-16(29)18-4-6-26(3)7-5-19-17(30)25-15-21-11(2)9-13(28)23-15/h8-9H,4-7H2,1-3H3,(H3,18,20,22,24,27,29)(H3,19,21,23,25,28,30)/p+1. The number of hydrogen-bond acceptors (Lipinski definition) is 6. The molecule has 2 aromatic rings. The highest BCUT2D eigenvalue weighted by atomic mass is 16.2. The summed E-state index contributed by atoms with van der Waals surface area (Å²) in [7, 11) is 1.92. The Labute approximate surface area is 171 Å². The van der Waals surface area contributed by atoms with E-state index in [1.165, 1.54) is 12.1 Å². The second kappa shape index (κ2) is 10.7. The number of aromatic nitrogens is 4. The molecule has 2 aromatic heterocycles. The molecule has 0 aliphatic rings. The van der Waals surface area contributed by atoms with Gasteiger partial charge >= 0.3 is 12.1 Å². The maximum atomic E-state index is 11.9. The van der Waals surface area contributed by atoms with Crippen molar-refractivity contribution in [2.75, 3.05) is 43.9 Å². The van der Waals surface area contributed by atoms with Gasteiger partial charge in [0.1, 0.15) is 0 Å². The lowest BCUT2D eigenvalue weighted by Gasteiger charge is -2.15. The number of rotatable bonds is 8. The number of anilines is 2. The number of nitrogens with zero attached hydrogens (tertiary/aromatic N) is 2. The fraction of sp³-hybridized carbons (Fsp3) is 0.412. The van der Waals surface area contributed by atoms with Gasteiger partial charge in [0.2, 0.25) is 11.9 Å². The predicted molar refractivity (Wildman–Crippen MR) is 110 cm³/mol. The first kappa shape index (κ1) is 22.5. The first-order chi connectivity index (χ1) is 14.2. The number of quaternary nitrogens is 1. The molecule has 30 heavy (non-hydrogen) atoms. The van der Waals surface area contributed by atoms with Gasteiger partial charge in [0.15, 0.2) is 0 Å². The average Bonchev–Trinajstić information content (AvgIpc) is 2.59. The molecule has 162 valence electrons. The van der Waals surface area contributed by atoms with Crippen molar-refractivity contribution in [2.45, 2.75) is 13.8 Å². The molecule has 13 nitrogen and oxygen atoms in total. The predicted octanol–water partition coefficient (Wildman–Crippen LogP) is -2.07. The number of carbonyl (C=O) groups is 2. The molecule has 7 N–H and O–H groups in total. The van der Waals surface area contributed by atoms with Crippen molar-refractivity contribution in [3.8, 4) is 0 Å². The zero-order valence-electron chi connectivity index (χ0n) is 17.0. The summed E-state index contributed by atoms with van der Waals surface area (Å²) in [6.07, 6.45) is 0. The Morgan fingerprint density at radius 2 is 1.27 bits per heavy atom. The molecule has 4 amide bonds. The van der Waals surface area contributed by atoms with Crippen LogP contribution in [0.2, 0.25) is 0 Å². The third-order valence-corrected chi connectivity index (χ3v) is 3.88. The summed E-state index contributed by atoms with van der Waals surface area (Å²) in [5, 5.41) is 10.3. The topological polar surface area (TPSA) is 178 Å². The Kier molecular flexibility index (Phi) is 8.05. The number of likely N-dealkylation sites (N-methyl/N-ethyl adjacent to an activating group) is 1. The van der Waals surface area contributed by atoms with Crippen molar-refractivity contribution in [3.63, 3.8) is 0 Å². The van der Waals surface area contributed by atoms with Crippen LogP contribution in [-0.4, -0.2) is 65.2 Å². The van der Waals surface area contributed by atoms with Crippen LogP contribution in [-0.2, 0) is 0 Å². The number of urea groups is 2. The van der Waals surface area contributed by atoms with Gasteiger partial charge in [0.05, 0.1) is 33.2 Å². The number of amides is 4. The minimum absolute atomic E-state index is 0.0814. The summed E-state index contributed by atoms with van der Waals surface area (Å²) in [6, 6.07) is 1.70. The fourth-order valence-electron chi connectivity index (χ4n) is 2.48. The maximum Gasteiger partial charge on any atom is 0.321 e. The van der Waals surface area contributed by atoms with Crippen LogP contribution in [0.15, 0.2) is 21.7 Å². The Morgan fingerprint density at radius 1 is 0.867 bits per heavy atom. The van der Waals surface area contributed by atoms with E-state index in [1.54, 1.807) is 13.8 Å². The normalized spacial score (nSPS) is 10.5. The minimum atomic E-state index is -0.478. The van der Waals surface area contributed by atoms with Gasteiger partial charge in [0.25, 0.3) is 11.1 Å². The Morgan fingerprint density at radius 3 is 1.63 bits per heavy atom. The molecule has 0 aliphatic heterocycles. The summed E-state index contributed by atoms with van der Waals surface area (Å²) in [5.74, 6) is 0.163. The van der Waals surface area contributed by atoms with Crippen LogP contribution in [0.1, 0.15) is 11.4 Å². The fourth-order valence-corrected chi connectivity index (χ4v) is 2.48. The zero-order chi connectivity index (χ0) is 22.1. The van der Waals surface area contributed by atoms with E-state index in [2.05, 4.69) is 41.2 Å². The van der Waals surface area contributed by atoms with Crippen LogP contribution in [0.5, 0.6) is 0 Å². The highest BCUT2D eigenvalue weighted by molar-refractivity contribution is 5.87. The Hall–Kier alpha value is -3.74.